The molecule has 1 amide bonds. The molecule has 1 saturated heterocycles. The molecular formula is C16H19ClN4O2. The van der Waals surface area contributed by atoms with Gasteiger partial charge < -0.3 is 19.9 Å². The number of hydrogen-bond acceptors (Lipinski definition) is 5. The summed E-state index contributed by atoms with van der Waals surface area (Å²) in [7, 11) is 3.55. The number of carbonyl (C=O) groups is 1. The lowest BCUT2D eigenvalue weighted by Crippen LogP contribution is -2.47. The van der Waals surface area contributed by atoms with Gasteiger partial charge in [0.2, 0.25) is 0 Å². The van der Waals surface area contributed by atoms with E-state index < -0.39 is 0 Å². The summed E-state index contributed by atoms with van der Waals surface area (Å²) in [4.78, 5) is 16.2. The van der Waals surface area contributed by atoms with E-state index in [1.54, 1.807) is 23.1 Å². The molecule has 0 aliphatic carbocycles. The van der Waals surface area contributed by atoms with Gasteiger partial charge in [-0.1, -0.05) is 11.6 Å². The van der Waals surface area contributed by atoms with Crippen molar-refractivity contribution in [1.82, 2.24) is 9.80 Å². The Morgan fingerprint density at radius 1 is 1.39 bits per heavy atom. The first-order chi connectivity index (χ1) is 11.0. The van der Waals surface area contributed by atoms with Crippen LogP contribution >= 0.6 is 11.6 Å². The second kappa shape index (κ2) is 7.86. The summed E-state index contributed by atoms with van der Waals surface area (Å²) in [5, 5.41) is 12.6. The average molecular weight is 335 g/mol. The van der Waals surface area contributed by atoms with Gasteiger partial charge in [0.1, 0.15) is 17.4 Å². The molecule has 1 fully saturated rings. The zero-order valence-electron chi connectivity index (χ0n) is 13.2. The number of nitriles is 1. The minimum atomic E-state index is -0.257. The van der Waals surface area contributed by atoms with E-state index in [2.05, 4.69) is 10.2 Å². The highest BCUT2D eigenvalue weighted by molar-refractivity contribution is 6.32. The number of ether oxygens (including phenoxy) is 1. The van der Waals surface area contributed by atoms with Gasteiger partial charge in [-0.2, -0.15) is 5.26 Å². The van der Waals surface area contributed by atoms with Crippen molar-refractivity contribution in [3.8, 4) is 11.8 Å². The lowest BCUT2D eigenvalue weighted by Gasteiger charge is -2.32. The smallest absolute Gasteiger partial charge is 0.266 e. The van der Waals surface area contributed by atoms with E-state index in [1.807, 2.05) is 13.1 Å². The van der Waals surface area contributed by atoms with Crippen molar-refractivity contribution in [2.24, 2.45) is 0 Å². The molecule has 0 bridgehead atoms. The Labute approximate surface area is 140 Å². The lowest BCUT2D eigenvalue weighted by atomic mass is 10.2. The van der Waals surface area contributed by atoms with Crippen LogP contribution in [0, 0.1) is 11.3 Å². The van der Waals surface area contributed by atoms with Gasteiger partial charge in [0.25, 0.3) is 5.91 Å². The van der Waals surface area contributed by atoms with Crippen molar-refractivity contribution in [3.05, 3.63) is 35.0 Å². The third kappa shape index (κ3) is 4.38. The molecule has 1 aromatic carbocycles. The van der Waals surface area contributed by atoms with Gasteiger partial charge in [-0.3, -0.25) is 4.79 Å². The number of benzene rings is 1. The first-order valence-electron chi connectivity index (χ1n) is 7.23. The number of hydrogen-bond donors (Lipinski definition) is 1. The summed E-state index contributed by atoms with van der Waals surface area (Å²) < 4.78 is 5.08. The van der Waals surface area contributed by atoms with Gasteiger partial charge in [-0.25, -0.2) is 0 Å². The highest BCUT2D eigenvalue weighted by Crippen LogP contribution is 2.27. The molecule has 0 saturated carbocycles. The van der Waals surface area contributed by atoms with Crippen LogP contribution in [0.15, 0.2) is 30.0 Å². The Kier molecular flexibility index (Phi) is 5.85. The number of nitrogens with one attached hydrogen (secondary N) is 1. The van der Waals surface area contributed by atoms with Crippen molar-refractivity contribution in [2.45, 2.75) is 0 Å². The fourth-order valence-electron chi connectivity index (χ4n) is 2.23. The number of amides is 1. The zero-order chi connectivity index (χ0) is 16.8. The monoisotopic (exact) mass is 334 g/mol. The molecule has 122 valence electrons. The number of anilines is 1. The predicted molar refractivity (Wildman–Crippen MR) is 89.4 cm³/mol. The van der Waals surface area contributed by atoms with Crippen molar-refractivity contribution < 1.29 is 9.53 Å². The van der Waals surface area contributed by atoms with Gasteiger partial charge in [0.15, 0.2) is 0 Å². The molecule has 1 heterocycles. The molecule has 0 radical (unpaired) electrons. The second-order valence-corrected chi connectivity index (χ2v) is 5.67. The van der Waals surface area contributed by atoms with Crippen molar-refractivity contribution in [2.75, 3.05) is 45.7 Å². The molecule has 0 unspecified atom stereocenters. The third-order valence-electron chi connectivity index (χ3n) is 3.68. The van der Waals surface area contributed by atoms with Crippen molar-refractivity contribution >= 4 is 23.2 Å². The molecule has 1 aliphatic rings. The second-order valence-electron chi connectivity index (χ2n) is 5.26. The standard InChI is InChI=1S/C16H19ClN4O2/c1-20-5-7-21(8-6-20)16(22)12(10-18)11-19-13-3-4-15(23-2)14(17)9-13/h3-4,9,11,19H,5-8H2,1-2H3/b12-11-. The van der Waals surface area contributed by atoms with Crippen LogP contribution in [0.5, 0.6) is 5.75 Å². The molecule has 0 aromatic heterocycles. The first kappa shape index (κ1) is 17.1. The SMILES string of the molecule is COc1ccc(N/C=C(/C#N)C(=O)N2CCN(C)CC2)cc1Cl. The van der Waals surface area contributed by atoms with Gasteiger partial charge in [0.05, 0.1) is 12.1 Å². The zero-order valence-corrected chi connectivity index (χ0v) is 13.9. The predicted octanol–water partition coefficient (Wildman–Crippen LogP) is 1.94. The van der Waals surface area contributed by atoms with Crippen LogP contribution in [-0.4, -0.2) is 56.0 Å². The van der Waals surface area contributed by atoms with E-state index in [1.165, 1.54) is 13.3 Å². The van der Waals surface area contributed by atoms with Crippen LogP contribution in [-0.2, 0) is 4.79 Å². The Hall–Kier alpha value is -2.23. The summed E-state index contributed by atoms with van der Waals surface area (Å²) in [6.45, 7) is 2.88. The molecule has 6 nitrogen and oxygen atoms in total. The van der Waals surface area contributed by atoms with Crippen molar-refractivity contribution in [3.63, 3.8) is 0 Å². The summed E-state index contributed by atoms with van der Waals surface area (Å²) >= 11 is 6.05. The van der Waals surface area contributed by atoms with Crippen LogP contribution in [0.4, 0.5) is 5.69 Å². The minimum Gasteiger partial charge on any atom is -0.495 e. The molecule has 23 heavy (non-hydrogen) atoms. The van der Waals surface area contributed by atoms with Crippen molar-refractivity contribution in [1.29, 1.82) is 5.26 Å². The quantitative estimate of drug-likeness (QED) is 0.673. The Morgan fingerprint density at radius 3 is 2.65 bits per heavy atom. The Morgan fingerprint density at radius 2 is 2.09 bits per heavy atom. The highest BCUT2D eigenvalue weighted by atomic mass is 35.5. The van der Waals surface area contributed by atoms with E-state index in [4.69, 9.17) is 16.3 Å². The summed E-state index contributed by atoms with van der Waals surface area (Å²) in [6, 6.07) is 7.10. The molecule has 1 aliphatic heterocycles. The van der Waals surface area contributed by atoms with Crippen LogP contribution < -0.4 is 10.1 Å². The number of halogens is 1. The molecule has 1 N–H and O–H groups in total. The maximum atomic E-state index is 12.4. The van der Waals surface area contributed by atoms with Gasteiger partial charge in [-0.15, -0.1) is 0 Å². The fourth-order valence-corrected chi connectivity index (χ4v) is 2.49. The normalized spacial score (nSPS) is 15.9. The number of nitrogens with zero attached hydrogens (tertiary/aromatic N) is 3. The largest absolute Gasteiger partial charge is 0.495 e. The maximum Gasteiger partial charge on any atom is 0.266 e. The van der Waals surface area contributed by atoms with Gasteiger partial charge in [0, 0.05) is 38.1 Å². The summed E-state index contributed by atoms with van der Waals surface area (Å²) in [6.07, 6.45) is 1.42. The number of methoxy groups -OCH3 is 1. The van der Waals surface area contributed by atoms with E-state index in [0.29, 0.717) is 29.5 Å². The molecule has 2 rings (SSSR count). The van der Waals surface area contributed by atoms with Gasteiger partial charge in [-0.05, 0) is 25.2 Å². The number of rotatable bonds is 4. The van der Waals surface area contributed by atoms with Crippen LogP contribution in [0.25, 0.3) is 0 Å². The fraction of sp³-hybridized carbons (Fsp3) is 0.375. The van der Waals surface area contributed by atoms with Crippen LogP contribution in [0.1, 0.15) is 0 Å². The lowest BCUT2D eigenvalue weighted by molar-refractivity contribution is -0.128. The Balaban J connectivity index is 2.05. The number of piperazine rings is 1. The third-order valence-corrected chi connectivity index (χ3v) is 3.97. The summed E-state index contributed by atoms with van der Waals surface area (Å²) in [5.41, 5.74) is 0.747. The highest BCUT2D eigenvalue weighted by Gasteiger charge is 2.22. The van der Waals surface area contributed by atoms with Crippen LogP contribution in [0.3, 0.4) is 0 Å². The average Bonchev–Trinajstić information content (AvgIpc) is 2.56. The molecule has 0 spiro atoms. The maximum absolute atomic E-state index is 12.4. The molecule has 7 heteroatoms. The molecular weight excluding hydrogens is 316 g/mol. The number of carbonyl (C=O) groups excluding carboxylic acids is 1. The Bertz CT molecular complexity index is 646. The number of likely N-dealkylation sites (N-methyl/N-ethyl adjacent to an activating group) is 1. The molecule has 0 atom stereocenters. The van der Waals surface area contributed by atoms with E-state index >= 15 is 0 Å². The van der Waals surface area contributed by atoms with Crippen LogP contribution in [0.2, 0.25) is 5.02 Å². The topological polar surface area (TPSA) is 68.6 Å². The summed E-state index contributed by atoms with van der Waals surface area (Å²) in [5.74, 6) is 0.308. The van der Waals surface area contributed by atoms with Gasteiger partial charge >= 0.3 is 0 Å². The minimum absolute atomic E-state index is 0.0708. The van der Waals surface area contributed by atoms with E-state index in [-0.39, 0.29) is 11.5 Å². The first-order valence-corrected chi connectivity index (χ1v) is 7.61. The molecule has 1 aromatic rings. The van der Waals surface area contributed by atoms with E-state index in [9.17, 15) is 10.1 Å². The van der Waals surface area contributed by atoms with E-state index in [0.717, 1.165) is 13.1 Å².